The Balaban J connectivity index is 1.75. The Hall–Kier alpha value is -3.66. The summed E-state index contributed by atoms with van der Waals surface area (Å²) in [6, 6.07) is 11.3. The lowest BCUT2D eigenvalue weighted by atomic mass is 10.1. The van der Waals surface area contributed by atoms with Crippen molar-refractivity contribution in [2.75, 3.05) is 57.0 Å². The number of hydrogen-bond acceptors (Lipinski definition) is 6. The van der Waals surface area contributed by atoms with E-state index in [0.29, 0.717) is 31.0 Å². The predicted octanol–water partition coefficient (Wildman–Crippen LogP) is 4.66. The van der Waals surface area contributed by atoms with E-state index in [1.807, 2.05) is 50.1 Å². The first-order valence-electron chi connectivity index (χ1n) is 11.3. The molecule has 0 fully saturated rings. The van der Waals surface area contributed by atoms with Gasteiger partial charge in [0.2, 0.25) is 0 Å². The second-order valence-electron chi connectivity index (χ2n) is 8.70. The molecule has 36 heavy (non-hydrogen) atoms. The summed E-state index contributed by atoms with van der Waals surface area (Å²) in [4.78, 5) is 25.9. The Labute approximate surface area is 208 Å². The fraction of sp³-hybridized carbons (Fsp3) is 0.346. The average Bonchev–Trinajstić information content (AvgIpc) is 2.83. The number of nitrogens with zero attached hydrogens (tertiary/aromatic N) is 4. The molecule has 192 valence electrons. The third kappa shape index (κ3) is 6.72. The molecule has 1 aromatic heterocycles. The number of rotatable bonds is 9. The van der Waals surface area contributed by atoms with E-state index in [-0.39, 0.29) is 5.56 Å². The van der Waals surface area contributed by atoms with Gasteiger partial charge in [-0.15, -0.1) is 0 Å². The van der Waals surface area contributed by atoms with Crippen molar-refractivity contribution in [3.8, 4) is 0 Å². The fourth-order valence-corrected chi connectivity index (χ4v) is 3.65. The van der Waals surface area contributed by atoms with Crippen LogP contribution in [0, 0.1) is 0 Å². The molecule has 0 saturated carbocycles. The highest BCUT2D eigenvalue weighted by atomic mass is 19.4. The maximum absolute atomic E-state index is 12.7. The largest absolute Gasteiger partial charge is 0.416 e. The van der Waals surface area contributed by atoms with Gasteiger partial charge in [0.25, 0.3) is 5.91 Å². The van der Waals surface area contributed by atoms with E-state index >= 15 is 0 Å². The number of carbonyl (C=O) groups is 1. The van der Waals surface area contributed by atoms with E-state index in [0.717, 1.165) is 47.0 Å². The summed E-state index contributed by atoms with van der Waals surface area (Å²) in [5.41, 5.74) is 1.83. The van der Waals surface area contributed by atoms with Gasteiger partial charge in [0.15, 0.2) is 0 Å². The first kappa shape index (κ1) is 26.9. The fourth-order valence-electron chi connectivity index (χ4n) is 3.65. The molecule has 10 heteroatoms. The summed E-state index contributed by atoms with van der Waals surface area (Å²) in [5, 5.41) is 2.71. The molecule has 3 rings (SSSR count). The van der Waals surface area contributed by atoms with Crippen LogP contribution in [0.2, 0.25) is 0 Å². The lowest BCUT2D eigenvalue weighted by Crippen LogP contribution is -2.22. The summed E-state index contributed by atoms with van der Waals surface area (Å²) < 4.78 is 43.5. The lowest BCUT2D eigenvalue weighted by Gasteiger charge is -2.23. The monoisotopic (exact) mass is 501 g/mol. The second kappa shape index (κ2) is 11.4. The Bertz CT molecular complexity index is 1150. The zero-order chi connectivity index (χ0) is 26.5. The minimum Gasteiger partial charge on any atom is -0.384 e. The molecule has 0 aliphatic carbocycles. The molecule has 0 radical (unpaired) electrons. The van der Waals surface area contributed by atoms with Crippen molar-refractivity contribution >= 4 is 23.2 Å². The minimum atomic E-state index is -4.45. The first-order chi connectivity index (χ1) is 17.0. The van der Waals surface area contributed by atoms with Crippen molar-refractivity contribution in [3.63, 3.8) is 0 Å². The minimum absolute atomic E-state index is 0.140. The van der Waals surface area contributed by atoms with Gasteiger partial charge in [-0.05, 0) is 42.0 Å². The molecular formula is C26H30F3N5O2. The molecule has 0 aliphatic rings. The molecule has 2 aromatic carbocycles. The summed E-state index contributed by atoms with van der Waals surface area (Å²) >= 11 is 0. The molecule has 0 spiro atoms. The molecular weight excluding hydrogens is 471 g/mol. The van der Waals surface area contributed by atoms with Gasteiger partial charge in [0.05, 0.1) is 12.2 Å². The van der Waals surface area contributed by atoms with Crippen LogP contribution in [0.4, 0.5) is 30.5 Å². The molecule has 1 heterocycles. The number of hydrogen-bond donors (Lipinski definition) is 1. The van der Waals surface area contributed by atoms with Crippen LogP contribution in [0.5, 0.6) is 0 Å². The van der Waals surface area contributed by atoms with Crippen molar-refractivity contribution in [2.45, 2.75) is 19.0 Å². The Morgan fingerprint density at radius 3 is 1.94 bits per heavy atom. The van der Waals surface area contributed by atoms with Gasteiger partial charge in [-0.3, -0.25) is 4.79 Å². The topological polar surface area (TPSA) is 70.6 Å². The standard InChI is InChI=1S/C26H30F3N5O2/c1-33(2)23-21(14-15-36-5)24(34(3)4)32-22(31-23)16-17-6-12-20(13-7-17)30-25(35)18-8-10-19(11-9-18)26(27,28)29/h6-13H,14-16H2,1-5H3,(H,30,35). The highest BCUT2D eigenvalue weighted by molar-refractivity contribution is 6.04. The summed E-state index contributed by atoms with van der Waals surface area (Å²) in [7, 11) is 9.42. The summed E-state index contributed by atoms with van der Waals surface area (Å²) in [6.45, 7) is 0.560. The molecule has 3 aromatic rings. The third-order valence-corrected chi connectivity index (χ3v) is 5.46. The number of halogens is 3. The molecule has 0 aliphatic heterocycles. The normalized spacial score (nSPS) is 11.3. The van der Waals surface area contributed by atoms with Crippen molar-refractivity contribution in [3.05, 3.63) is 76.6 Å². The molecule has 0 bridgehead atoms. The van der Waals surface area contributed by atoms with Gasteiger partial charge in [0.1, 0.15) is 17.5 Å². The summed E-state index contributed by atoms with van der Waals surface area (Å²) in [5.74, 6) is 1.84. The average molecular weight is 502 g/mol. The smallest absolute Gasteiger partial charge is 0.384 e. The molecule has 7 nitrogen and oxygen atoms in total. The Morgan fingerprint density at radius 1 is 0.917 bits per heavy atom. The van der Waals surface area contributed by atoms with Gasteiger partial charge in [-0.1, -0.05) is 12.1 Å². The second-order valence-corrected chi connectivity index (χ2v) is 8.70. The lowest BCUT2D eigenvalue weighted by molar-refractivity contribution is -0.137. The first-order valence-corrected chi connectivity index (χ1v) is 11.3. The Morgan fingerprint density at radius 2 is 1.47 bits per heavy atom. The number of carbonyl (C=O) groups excluding carboxylic acids is 1. The van der Waals surface area contributed by atoms with Crippen LogP contribution in [0.1, 0.15) is 32.9 Å². The Kier molecular flexibility index (Phi) is 8.52. The number of methoxy groups -OCH3 is 1. The van der Waals surface area contributed by atoms with E-state index in [9.17, 15) is 18.0 Å². The number of nitrogens with one attached hydrogen (secondary N) is 1. The number of anilines is 3. The zero-order valence-corrected chi connectivity index (χ0v) is 21.0. The van der Waals surface area contributed by atoms with Gasteiger partial charge in [0, 0.05) is 65.0 Å². The number of alkyl halides is 3. The van der Waals surface area contributed by atoms with Gasteiger partial charge >= 0.3 is 6.18 Å². The maximum atomic E-state index is 12.7. The number of benzene rings is 2. The van der Waals surface area contributed by atoms with Gasteiger partial charge in [-0.25, -0.2) is 9.97 Å². The van der Waals surface area contributed by atoms with Crippen LogP contribution < -0.4 is 15.1 Å². The highest BCUT2D eigenvalue weighted by Crippen LogP contribution is 2.29. The molecule has 0 saturated heterocycles. The quantitative estimate of drug-likeness (QED) is 0.460. The highest BCUT2D eigenvalue weighted by Gasteiger charge is 2.30. The van der Waals surface area contributed by atoms with Crippen LogP contribution >= 0.6 is 0 Å². The van der Waals surface area contributed by atoms with E-state index in [1.54, 1.807) is 19.2 Å². The molecule has 1 amide bonds. The predicted molar refractivity (Wildman–Crippen MR) is 135 cm³/mol. The van der Waals surface area contributed by atoms with Crippen LogP contribution in [-0.2, 0) is 23.8 Å². The van der Waals surface area contributed by atoms with Gasteiger partial charge in [-0.2, -0.15) is 13.2 Å². The van der Waals surface area contributed by atoms with Crippen LogP contribution in [0.15, 0.2) is 48.5 Å². The van der Waals surface area contributed by atoms with Crippen LogP contribution in [-0.4, -0.2) is 57.8 Å². The van der Waals surface area contributed by atoms with Crippen molar-refractivity contribution < 1.29 is 22.7 Å². The third-order valence-electron chi connectivity index (χ3n) is 5.46. The van der Waals surface area contributed by atoms with Crippen molar-refractivity contribution in [1.29, 1.82) is 0 Å². The maximum Gasteiger partial charge on any atom is 0.416 e. The van der Waals surface area contributed by atoms with Gasteiger partial charge < -0.3 is 19.9 Å². The van der Waals surface area contributed by atoms with Crippen molar-refractivity contribution in [2.24, 2.45) is 0 Å². The molecule has 0 atom stereocenters. The zero-order valence-electron chi connectivity index (χ0n) is 21.0. The number of aromatic nitrogens is 2. The summed E-state index contributed by atoms with van der Waals surface area (Å²) in [6.07, 6.45) is -3.27. The molecule has 0 unspecified atom stereocenters. The SMILES string of the molecule is COCCc1c(N(C)C)nc(Cc2ccc(NC(=O)c3ccc(C(F)(F)F)cc3)cc2)nc1N(C)C. The van der Waals surface area contributed by atoms with E-state index in [1.165, 1.54) is 0 Å². The number of ether oxygens (including phenoxy) is 1. The van der Waals surface area contributed by atoms with E-state index < -0.39 is 17.6 Å². The number of amides is 1. The van der Waals surface area contributed by atoms with E-state index in [2.05, 4.69) is 5.32 Å². The van der Waals surface area contributed by atoms with Crippen LogP contribution in [0.3, 0.4) is 0 Å². The van der Waals surface area contributed by atoms with E-state index in [4.69, 9.17) is 14.7 Å². The van der Waals surface area contributed by atoms with Crippen LogP contribution in [0.25, 0.3) is 0 Å². The molecule has 1 N–H and O–H groups in total. The van der Waals surface area contributed by atoms with Crippen molar-refractivity contribution in [1.82, 2.24) is 9.97 Å².